The van der Waals surface area contributed by atoms with Crippen LogP contribution in [0, 0.1) is 6.92 Å². The van der Waals surface area contributed by atoms with E-state index < -0.39 is 0 Å². The van der Waals surface area contributed by atoms with Crippen molar-refractivity contribution in [1.29, 1.82) is 0 Å². The molecule has 6 nitrogen and oxygen atoms in total. The van der Waals surface area contributed by atoms with Gasteiger partial charge in [-0.1, -0.05) is 15.9 Å². The van der Waals surface area contributed by atoms with E-state index in [1.54, 1.807) is 12.1 Å². The second-order valence-electron chi connectivity index (χ2n) is 5.57. The molecule has 1 N–H and O–H groups in total. The minimum absolute atomic E-state index is 0.138. The van der Waals surface area contributed by atoms with E-state index in [4.69, 9.17) is 4.74 Å². The van der Waals surface area contributed by atoms with Gasteiger partial charge in [0.05, 0.1) is 19.8 Å². The summed E-state index contributed by atoms with van der Waals surface area (Å²) in [6.45, 7) is 5.29. The molecule has 1 saturated heterocycles. The highest BCUT2D eigenvalue weighted by Crippen LogP contribution is 2.14. The van der Waals surface area contributed by atoms with Crippen molar-refractivity contribution in [1.82, 2.24) is 15.3 Å². The van der Waals surface area contributed by atoms with Crippen LogP contribution in [0.5, 0.6) is 0 Å². The van der Waals surface area contributed by atoms with Crippen LogP contribution in [0.15, 0.2) is 34.8 Å². The van der Waals surface area contributed by atoms with E-state index in [1.807, 2.05) is 25.1 Å². The number of aromatic nitrogens is 2. The number of ether oxygens (including phenoxy) is 1. The van der Waals surface area contributed by atoms with Crippen molar-refractivity contribution in [2.45, 2.75) is 13.5 Å². The molecule has 1 aromatic carbocycles. The number of carbonyl (C=O) groups is 1. The Labute approximate surface area is 149 Å². The van der Waals surface area contributed by atoms with Crippen LogP contribution in [-0.4, -0.2) is 42.2 Å². The third-order valence-electron chi connectivity index (χ3n) is 3.74. The van der Waals surface area contributed by atoms with E-state index in [9.17, 15) is 4.79 Å². The first-order chi connectivity index (χ1) is 11.6. The van der Waals surface area contributed by atoms with Gasteiger partial charge in [0.15, 0.2) is 0 Å². The van der Waals surface area contributed by atoms with E-state index in [-0.39, 0.29) is 5.91 Å². The quantitative estimate of drug-likeness (QED) is 0.867. The lowest BCUT2D eigenvalue weighted by Crippen LogP contribution is -2.37. The number of nitrogens with one attached hydrogen (secondary N) is 1. The highest BCUT2D eigenvalue weighted by Gasteiger charge is 2.14. The van der Waals surface area contributed by atoms with Crippen molar-refractivity contribution in [3.8, 4) is 0 Å². The third-order valence-corrected chi connectivity index (χ3v) is 4.26. The Morgan fingerprint density at radius 1 is 1.25 bits per heavy atom. The molecule has 1 aliphatic rings. The summed E-state index contributed by atoms with van der Waals surface area (Å²) in [7, 11) is 0. The molecule has 3 rings (SSSR count). The number of rotatable bonds is 4. The lowest BCUT2D eigenvalue weighted by Gasteiger charge is -2.28. The van der Waals surface area contributed by atoms with Gasteiger partial charge in [-0.3, -0.25) is 4.79 Å². The zero-order valence-corrected chi connectivity index (χ0v) is 15.0. The molecular formula is C17H19BrN4O2. The number of aryl methyl sites for hydroxylation is 1. The maximum Gasteiger partial charge on any atom is 0.251 e. The molecule has 1 aromatic heterocycles. The first-order valence-corrected chi connectivity index (χ1v) is 8.62. The summed E-state index contributed by atoms with van der Waals surface area (Å²) in [6, 6.07) is 9.19. The summed E-state index contributed by atoms with van der Waals surface area (Å²) in [5.74, 6) is 1.36. The molecule has 7 heteroatoms. The predicted octanol–water partition coefficient (Wildman–Crippen LogP) is 2.31. The van der Waals surface area contributed by atoms with Crippen LogP contribution in [0.25, 0.3) is 0 Å². The fourth-order valence-corrected chi connectivity index (χ4v) is 2.77. The number of hydrogen-bond acceptors (Lipinski definition) is 5. The molecule has 0 aliphatic carbocycles. The summed E-state index contributed by atoms with van der Waals surface area (Å²) in [5, 5.41) is 2.87. The first-order valence-electron chi connectivity index (χ1n) is 7.83. The lowest BCUT2D eigenvalue weighted by atomic mass is 10.2. The van der Waals surface area contributed by atoms with Gasteiger partial charge in [0, 0.05) is 34.9 Å². The maximum absolute atomic E-state index is 12.2. The molecule has 0 unspecified atom stereocenters. The summed E-state index contributed by atoms with van der Waals surface area (Å²) < 4.78 is 6.31. The van der Waals surface area contributed by atoms with Gasteiger partial charge in [-0.2, -0.15) is 0 Å². The fraction of sp³-hybridized carbons (Fsp3) is 0.353. The molecule has 24 heavy (non-hydrogen) atoms. The Bertz CT molecular complexity index is 715. The number of morpholine rings is 1. The Hall–Kier alpha value is -1.99. The van der Waals surface area contributed by atoms with Crippen molar-refractivity contribution in [3.63, 3.8) is 0 Å². The standard InChI is InChI=1S/C17H19BrN4O2/c1-12-10-16(22-6-8-24-9-7-22)21-15(20-12)11-19-17(23)13-2-4-14(18)5-3-13/h2-5,10H,6-9,11H2,1H3,(H,19,23). The number of halogens is 1. The van der Waals surface area contributed by atoms with Crippen molar-refractivity contribution in [2.75, 3.05) is 31.2 Å². The fourth-order valence-electron chi connectivity index (χ4n) is 2.51. The molecule has 0 saturated carbocycles. The van der Waals surface area contributed by atoms with Crippen LogP contribution in [0.4, 0.5) is 5.82 Å². The molecule has 2 aromatic rings. The molecule has 1 amide bonds. The largest absolute Gasteiger partial charge is 0.378 e. The van der Waals surface area contributed by atoms with Gasteiger partial charge in [0.1, 0.15) is 11.6 Å². The van der Waals surface area contributed by atoms with Gasteiger partial charge in [-0.25, -0.2) is 9.97 Å². The van der Waals surface area contributed by atoms with Gasteiger partial charge < -0.3 is 15.0 Å². The number of amides is 1. The number of carbonyl (C=O) groups excluding carboxylic acids is 1. The predicted molar refractivity (Wildman–Crippen MR) is 95.1 cm³/mol. The molecule has 1 aliphatic heterocycles. The SMILES string of the molecule is Cc1cc(N2CCOCC2)nc(CNC(=O)c2ccc(Br)cc2)n1. The molecule has 126 valence electrons. The maximum atomic E-state index is 12.2. The normalized spacial score (nSPS) is 14.5. The summed E-state index contributed by atoms with van der Waals surface area (Å²) in [4.78, 5) is 23.4. The molecule has 0 radical (unpaired) electrons. The molecule has 1 fully saturated rings. The van der Waals surface area contributed by atoms with Gasteiger partial charge in [0.25, 0.3) is 5.91 Å². The van der Waals surface area contributed by atoms with Gasteiger partial charge in [0.2, 0.25) is 0 Å². The number of nitrogens with zero attached hydrogens (tertiary/aromatic N) is 3. The summed E-state index contributed by atoms with van der Waals surface area (Å²) in [5.41, 5.74) is 1.50. The van der Waals surface area contributed by atoms with Crippen molar-refractivity contribution in [3.05, 3.63) is 51.9 Å². The first kappa shape index (κ1) is 16.9. The zero-order valence-electron chi connectivity index (χ0n) is 13.5. The van der Waals surface area contributed by atoms with Gasteiger partial charge in [-0.15, -0.1) is 0 Å². The average Bonchev–Trinajstić information content (AvgIpc) is 2.60. The van der Waals surface area contributed by atoms with E-state index in [0.717, 1.165) is 29.1 Å². The lowest BCUT2D eigenvalue weighted by molar-refractivity contribution is 0.0950. The van der Waals surface area contributed by atoms with E-state index in [1.165, 1.54) is 0 Å². The highest BCUT2D eigenvalue weighted by atomic mass is 79.9. The van der Waals surface area contributed by atoms with Gasteiger partial charge >= 0.3 is 0 Å². The molecule has 0 bridgehead atoms. The van der Waals surface area contributed by atoms with Crippen LogP contribution in [0.3, 0.4) is 0 Å². The number of benzene rings is 1. The Balaban J connectivity index is 1.67. The second kappa shape index (κ2) is 7.72. The van der Waals surface area contributed by atoms with Crippen molar-refractivity contribution < 1.29 is 9.53 Å². The Morgan fingerprint density at radius 3 is 2.67 bits per heavy atom. The minimum Gasteiger partial charge on any atom is -0.378 e. The number of hydrogen-bond donors (Lipinski definition) is 1. The number of anilines is 1. The molecule has 0 atom stereocenters. The summed E-state index contributed by atoms with van der Waals surface area (Å²) in [6.07, 6.45) is 0. The van der Waals surface area contributed by atoms with Crippen molar-refractivity contribution in [2.24, 2.45) is 0 Å². The van der Waals surface area contributed by atoms with Crippen LogP contribution >= 0.6 is 15.9 Å². The minimum atomic E-state index is -0.138. The molecular weight excluding hydrogens is 372 g/mol. The van der Waals surface area contributed by atoms with Gasteiger partial charge in [-0.05, 0) is 31.2 Å². The van der Waals surface area contributed by atoms with Crippen LogP contribution in [-0.2, 0) is 11.3 Å². The highest BCUT2D eigenvalue weighted by molar-refractivity contribution is 9.10. The molecule has 0 spiro atoms. The summed E-state index contributed by atoms with van der Waals surface area (Å²) >= 11 is 3.36. The van der Waals surface area contributed by atoms with Crippen LogP contribution in [0.2, 0.25) is 0 Å². The van der Waals surface area contributed by atoms with Crippen LogP contribution < -0.4 is 10.2 Å². The zero-order chi connectivity index (χ0) is 16.9. The van der Waals surface area contributed by atoms with Crippen molar-refractivity contribution >= 4 is 27.7 Å². The van der Waals surface area contributed by atoms with E-state index in [0.29, 0.717) is 31.1 Å². The topological polar surface area (TPSA) is 67.3 Å². The smallest absolute Gasteiger partial charge is 0.251 e. The average molecular weight is 391 g/mol. The van der Waals surface area contributed by atoms with E-state index >= 15 is 0 Å². The third kappa shape index (κ3) is 4.30. The molecule has 2 heterocycles. The van der Waals surface area contributed by atoms with E-state index in [2.05, 4.69) is 36.1 Å². The second-order valence-corrected chi connectivity index (χ2v) is 6.49. The monoisotopic (exact) mass is 390 g/mol. The van der Waals surface area contributed by atoms with Crippen LogP contribution in [0.1, 0.15) is 21.9 Å². The Kier molecular flexibility index (Phi) is 5.42. The Morgan fingerprint density at radius 2 is 1.96 bits per heavy atom.